The van der Waals surface area contributed by atoms with E-state index in [1.165, 1.54) is 19.2 Å². The number of fused-ring (bicyclic) bond motifs is 1. The third-order valence-corrected chi connectivity index (χ3v) is 7.25. The number of hydrogen-bond donors (Lipinski definition) is 2. The number of aliphatic hydroxyl groups is 1. The molecule has 0 amide bonds. The summed E-state index contributed by atoms with van der Waals surface area (Å²) >= 11 is 6.04. The smallest absolute Gasteiger partial charge is 0.237 e. The maximum Gasteiger partial charge on any atom is 0.237 e. The van der Waals surface area contributed by atoms with Crippen LogP contribution in [0.2, 0.25) is 5.02 Å². The number of nitrogens with zero attached hydrogens (tertiary/aromatic N) is 3. The molecule has 35 heavy (non-hydrogen) atoms. The van der Waals surface area contributed by atoms with Crippen molar-refractivity contribution >= 4 is 17.3 Å². The molecule has 1 unspecified atom stereocenters. The quantitative estimate of drug-likeness (QED) is 0.458. The van der Waals surface area contributed by atoms with Crippen molar-refractivity contribution in [2.24, 2.45) is 0 Å². The van der Waals surface area contributed by atoms with Crippen molar-refractivity contribution in [3.8, 4) is 22.6 Å². The van der Waals surface area contributed by atoms with Crippen molar-refractivity contribution in [2.45, 2.75) is 51.1 Å². The van der Waals surface area contributed by atoms with Crippen LogP contribution in [-0.2, 0) is 11.2 Å². The minimum Gasteiger partial charge on any atom is -0.456 e. The number of piperidine rings is 1. The number of ether oxygens (including phenoxy) is 2. The highest BCUT2D eigenvalue weighted by Gasteiger charge is 2.32. The third-order valence-electron chi connectivity index (χ3n) is 6.96. The van der Waals surface area contributed by atoms with Crippen LogP contribution in [0.15, 0.2) is 42.7 Å². The van der Waals surface area contributed by atoms with Gasteiger partial charge in [-0.25, -0.2) is 4.39 Å². The molecule has 1 saturated heterocycles. The van der Waals surface area contributed by atoms with Crippen molar-refractivity contribution in [1.82, 2.24) is 15.1 Å². The van der Waals surface area contributed by atoms with Gasteiger partial charge in [-0.2, -0.15) is 5.10 Å². The summed E-state index contributed by atoms with van der Waals surface area (Å²) in [6, 6.07) is 8.76. The summed E-state index contributed by atoms with van der Waals surface area (Å²) in [5, 5.41) is 18.6. The van der Waals surface area contributed by atoms with E-state index in [0.717, 1.165) is 61.2 Å². The summed E-state index contributed by atoms with van der Waals surface area (Å²) < 4.78 is 27.5. The van der Waals surface area contributed by atoms with Gasteiger partial charge in [-0.1, -0.05) is 11.6 Å². The number of rotatable bonds is 6. The number of aromatic nitrogens is 2. The van der Waals surface area contributed by atoms with Gasteiger partial charge in [0.2, 0.25) is 6.41 Å². The van der Waals surface area contributed by atoms with Gasteiger partial charge in [0, 0.05) is 47.8 Å². The fourth-order valence-electron chi connectivity index (χ4n) is 5.03. The summed E-state index contributed by atoms with van der Waals surface area (Å²) in [5.41, 5.74) is 3.61. The van der Waals surface area contributed by atoms with E-state index >= 15 is 0 Å². The van der Waals surface area contributed by atoms with Crippen LogP contribution in [-0.4, -0.2) is 47.5 Å². The molecule has 2 atom stereocenters. The molecule has 0 spiro atoms. The van der Waals surface area contributed by atoms with Gasteiger partial charge in [-0.15, -0.1) is 0 Å². The number of nitrogens with one attached hydrogen (secondary N) is 1. The summed E-state index contributed by atoms with van der Waals surface area (Å²) in [4.78, 5) is 1.85. The molecule has 2 aliphatic rings. The lowest BCUT2D eigenvalue weighted by Crippen LogP contribution is -2.46. The standard InChI is InChI=1S/C26H30ClFN4O3/c1-16-3-5-21-24(32(16)26(33)34-2)8-6-20(25(21)35-19-4-7-23(28)22(27)13-19)17-14-30-31(15-17)18-9-11-29-12-10-18/h4,6-8,13-16,18,26,29,33H,3,5,9-12H2,1-2H3/t16-,26?/m0/s1. The van der Waals surface area contributed by atoms with Crippen molar-refractivity contribution in [3.05, 3.63) is 59.1 Å². The second kappa shape index (κ2) is 10.1. The van der Waals surface area contributed by atoms with Gasteiger partial charge < -0.3 is 24.8 Å². The number of methoxy groups -OCH3 is 1. The Morgan fingerprint density at radius 1 is 1.20 bits per heavy atom. The molecule has 0 aliphatic carbocycles. The van der Waals surface area contributed by atoms with Crippen molar-refractivity contribution in [2.75, 3.05) is 25.1 Å². The maximum absolute atomic E-state index is 13.8. The predicted octanol–water partition coefficient (Wildman–Crippen LogP) is 5.12. The van der Waals surface area contributed by atoms with Gasteiger partial charge in [0.15, 0.2) is 0 Å². The average Bonchev–Trinajstić information content (AvgIpc) is 3.36. The number of aliphatic hydroxyl groups excluding tert-OH is 1. The summed E-state index contributed by atoms with van der Waals surface area (Å²) in [6.45, 7) is 4.02. The number of benzene rings is 2. The highest BCUT2D eigenvalue weighted by molar-refractivity contribution is 6.30. The predicted molar refractivity (Wildman–Crippen MR) is 134 cm³/mol. The molecule has 186 valence electrons. The van der Waals surface area contributed by atoms with Gasteiger partial charge in [0.25, 0.3) is 0 Å². The SMILES string of the molecule is COC(O)N1c2ccc(-c3cnn(C4CCNCC4)c3)c(Oc3ccc(F)c(Cl)c3)c2CC[C@@H]1C. The number of hydrogen-bond acceptors (Lipinski definition) is 6. The Morgan fingerprint density at radius 3 is 2.74 bits per heavy atom. The van der Waals surface area contributed by atoms with E-state index in [9.17, 15) is 9.50 Å². The molecule has 2 aromatic carbocycles. The van der Waals surface area contributed by atoms with Gasteiger partial charge >= 0.3 is 0 Å². The van der Waals surface area contributed by atoms with Crippen LogP contribution >= 0.6 is 11.6 Å². The van der Waals surface area contributed by atoms with E-state index in [1.54, 1.807) is 6.07 Å². The second-order valence-electron chi connectivity index (χ2n) is 9.17. The Balaban J connectivity index is 1.60. The zero-order valence-electron chi connectivity index (χ0n) is 19.9. The maximum atomic E-state index is 13.8. The van der Waals surface area contributed by atoms with Crippen molar-refractivity contribution in [3.63, 3.8) is 0 Å². The lowest BCUT2D eigenvalue weighted by Gasteiger charge is -2.40. The molecule has 9 heteroatoms. The Bertz CT molecular complexity index is 1200. The normalized spacial score (nSPS) is 19.5. The third kappa shape index (κ3) is 4.76. The minimum atomic E-state index is -1.08. The van der Waals surface area contributed by atoms with Crippen LogP contribution in [0.4, 0.5) is 10.1 Å². The number of halogens is 2. The Hall–Kier alpha value is -2.65. The fraction of sp³-hybridized carbons (Fsp3) is 0.423. The first-order valence-electron chi connectivity index (χ1n) is 12.0. The molecule has 1 fully saturated rings. The van der Waals surface area contributed by atoms with Crippen LogP contribution in [0.1, 0.15) is 37.8 Å². The van der Waals surface area contributed by atoms with Crippen LogP contribution in [0.3, 0.4) is 0 Å². The fourth-order valence-corrected chi connectivity index (χ4v) is 5.20. The van der Waals surface area contributed by atoms with E-state index in [0.29, 0.717) is 17.5 Å². The summed E-state index contributed by atoms with van der Waals surface area (Å²) in [5.74, 6) is 0.588. The van der Waals surface area contributed by atoms with Crippen LogP contribution in [0.5, 0.6) is 11.5 Å². The topological polar surface area (TPSA) is 71.8 Å². The second-order valence-corrected chi connectivity index (χ2v) is 9.57. The molecule has 1 aromatic heterocycles. The highest BCUT2D eigenvalue weighted by atomic mass is 35.5. The van der Waals surface area contributed by atoms with E-state index in [2.05, 4.69) is 23.5 Å². The molecule has 5 rings (SSSR count). The van der Waals surface area contributed by atoms with Crippen LogP contribution < -0.4 is 15.0 Å². The lowest BCUT2D eigenvalue weighted by atomic mass is 9.92. The zero-order chi connectivity index (χ0) is 24.5. The zero-order valence-corrected chi connectivity index (χ0v) is 20.6. The van der Waals surface area contributed by atoms with Gasteiger partial charge in [0.1, 0.15) is 17.3 Å². The van der Waals surface area contributed by atoms with E-state index in [1.807, 2.05) is 27.9 Å². The summed E-state index contributed by atoms with van der Waals surface area (Å²) in [7, 11) is 1.48. The van der Waals surface area contributed by atoms with Gasteiger partial charge in [-0.05, 0) is 70.0 Å². The molecule has 0 saturated carbocycles. The highest BCUT2D eigenvalue weighted by Crippen LogP contribution is 2.45. The first-order chi connectivity index (χ1) is 17.0. The largest absolute Gasteiger partial charge is 0.456 e. The van der Waals surface area contributed by atoms with E-state index < -0.39 is 12.2 Å². The van der Waals surface area contributed by atoms with Crippen LogP contribution in [0.25, 0.3) is 11.1 Å². The average molecular weight is 501 g/mol. The summed E-state index contributed by atoms with van der Waals surface area (Å²) in [6.07, 6.45) is 6.48. The molecule has 3 heterocycles. The number of anilines is 1. The molecule has 7 nitrogen and oxygen atoms in total. The van der Waals surface area contributed by atoms with Crippen LogP contribution in [0, 0.1) is 5.82 Å². The molecule has 3 aromatic rings. The molecule has 0 radical (unpaired) electrons. The lowest BCUT2D eigenvalue weighted by molar-refractivity contribution is -0.0795. The Morgan fingerprint density at radius 2 is 2.00 bits per heavy atom. The first kappa shape index (κ1) is 24.1. The molecular weight excluding hydrogens is 471 g/mol. The Labute approximate surface area is 209 Å². The Kier molecular flexibility index (Phi) is 6.98. The first-order valence-corrected chi connectivity index (χ1v) is 12.4. The van der Waals surface area contributed by atoms with Gasteiger partial charge in [-0.3, -0.25) is 4.68 Å². The van der Waals surface area contributed by atoms with Crippen molar-refractivity contribution in [1.29, 1.82) is 0 Å². The monoisotopic (exact) mass is 500 g/mol. The van der Waals surface area contributed by atoms with Crippen molar-refractivity contribution < 1.29 is 19.0 Å². The van der Waals surface area contributed by atoms with E-state index in [-0.39, 0.29) is 11.1 Å². The molecule has 2 aliphatic heterocycles. The molecule has 2 N–H and O–H groups in total. The minimum absolute atomic E-state index is 0.00219. The van der Waals surface area contributed by atoms with E-state index in [4.69, 9.17) is 21.1 Å². The van der Waals surface area contributed by atoms with Gasteiger partial charge in [0.05, 0.1) is 17.3 Å². The molecular formula is C26H30ClFN4O3. The molecule has 0 bridgehead atoms.